The second-order valence-electron chi connectivity index (χ2n) is 6.54. The van der Waals surface area contributed by atoms with E-state index in [1.54, 1.807) is 22.4 Å². The summed E-state index contributed by atoms with van der Waals surface area (Å²) >= 11 is 1.55. The first kappa shape index (κ1) is 16.4. The lowest BCUT2D eigenvalue weighted by Gasteiger charge is -2.05. The molecule has 0 spiro atoms. The van der Waals surface area contributed by atoms with Crippen molar-refractivity contribution < 1.29 is 0 Å². The zero-order valence-corrected chi connectivity index (χ0v) is 14.9. The molecule has 3 aromatic heterocycles. The molecule has 1 fully saturated rings. The summed E-state index contributed by atoms with van der Waals surface area (Å²) in [7, 11) is 0. The van der Waals surface area contributed by atoms with E-state index in [1.165, 1.54) is 36.8 Å². The number of pyridine rings is 1. The van der Waals surface area contributed by atoms with Gasteiger partial charge >= 0.3 is 5.69 Å². The Morgan fingerprint density at radius 1 is 1.28 bits per heavy atom. The molecule has 132 valence electrons. The highest BCUT2D eigenvalue weighted by Gasteiger charge is 2.15. The lowest BCUT2D eigenvalue weighted by molar-refractivity contribution is 0.497. The third-order valence-corrected chi connectivity index (χ3v) is 5.63. The molecule has 0 bridgehead atoms. The molecule has 1 aliphatic carbocycles. The zero-order chi connectivity index (χ0) is 17.1. The fourth-order valence-corrected chi connectivity index (χ4v) is 4.16. The monoisotopic (exact) mass is 358 g/mol. The number of aromatic nitrogens is 6. The van der Waals surface area contributed by atoms with Crippen LogP contribution in [-0.2, 0) is 13.0 Å². The van der Waals surface area contributed by atoms with Gasteiger partial charge in [0.2, 0.25) is 5.16 Å². The lowest BCUT2D eigenvalue weighted by atomic mass is 10.0. The lowest BCUT2D eigenvalue weighted by Crippen LogP contribution is -2.22. The number of hydrogen-bond acceptors (Lipinski definition) is 5. The summed E-state index contributed by atoms with van der Waals surface area (Å²) < 4.78 is 3.05. The van der Waals surface area contributed by atoms with Crippen LogP contribution in [0.25, 0.3) is 5.65 Å². The molecule has 25 heavy (non-hydrogen) atoms. The van der Waals surface area contributed by atoms with Gasteiger partial charge in [0, 0.05) is 18.4 Å². The van der Waals surface area contributed by atoms with E-state index in [0.717, 1.165) is 23.3 Å². The molecule has 3 heterocycles. The summed E-state index contributed by atoms with van der Waals surface area (Å²) in [5.41, 5.74) is 0.563. The molecular formula is C17H22N6OS. The van der Waals surface area contributed by atoms with E-state index in [4.69, 9.17) is 0 Å². The van der Waals surface area contributed by atoms with Crippen molar-refractivity contribution in [1.82, 2.24) is 29.4 Å². The minimum atomic E-state index is -0.108. The highest BCUT2D eigenvalue weighted by atomic mass is 32.2. The molecule has 0 atom stereocenters. The van der Waals surface area contributed by atoms with Crippen LogP contribution < -0.4 is 5.69 Å². The summed E-state index contributed by atoms with van der Waals surface area (Å²) in [6.45, 7) is 0.539. The normalized spacial score (nSPS) is 15.4. The molecule has 0 aromatic carbocycles. The van der Waals surface area contributed by atoms with Crippen LogP contribution >= 0.6 is 11.8 Å². The summed E-state index contributed by atoms with van der Waals surface area (Å²) in [5, 5.41) is 12.4. The number of aromatic amines is 1. The van der Waals surface area contributed by atoms with E-state index >= 15 is 0 Å². The molecule has 1 N–H and O–H groups in total. The van der Waals surface area contributed by atoms with Gasteiger partial charge in [-0.2, -0.15) is 0 Å². The van der Waals surface area contributed by atoms with E-state index in [0.29, 0.717) is 17.9 Å². The van der Waals surface area contributed by atoms with Crippen LogP contribution in [0.4, 0.5) is 0 Å². The minimum Gasteiger partial charge on any atom is -0.262 e. The number of hydrogen-bond donors (Lipinski definition) is 1. The van der Waals surface area contributed by atoms with E-state index in [9.17, 15) is 4.79 Å². The first-order chi connectivity index (χ1) is 12.3. The number of nitrogens with one attached hydrogen (secondary N) is 1. The van der Waals surface area contributed by atoms with Crippen molar-refractivity contribution in [3.63, 3.8) is 0 Å². The zero-order valence-electron chi connectivity index (χ0n) is 14.1. The number of fused-ring (bicyclic) bond motifs is 1. The van der Waals surface area contributed by atoms with Crippen molar-refractivity contribution in [1.29, 1.82) is 0 Å². The Balaban J connectivity index is 1.29. The van der Waals surface area contributed by atoms with Crippen molar-refractivity contribution >= 4 is 17.4 Å². The maximum Gasteiger partial charge on any atom is 0.350 e. The van der Waals surface area contributed by atoms with Gasteiger partial charge in [-0.05, 0) is 24.5 Å². The van der Waals surface area contributed by atoms with E-state index in [-0.39, 0.29) is 5.69 Å². The average Bonchev–Trinajstić information content (AvgIpc) is 3.35. The number of rotatable bonds is 7. The Hall–Kier alpha value is -2.09. The Bertz CT molecular complexity index is 892. The van der Waals surface area contributed by atoms with Crippen LogP contribution in [0.5, 0.6) is 0 Å². The molecule has 4 rings (SSSR count). The summed E-state index contributed by atoms with van der Waals surface area (Å²) in [4.78, 5) is 16.8. The number of thioether (sulfide) groups is 1. The largest absolute Gasteiger partial charge is 0.350 e. The summed E-state index contributed by atoms with van der Waals surface area (Å²) in [5.74, 6) is 2.55. The molecule has 0 unspecified atom stereocenters. The highest BCUT2D eigenvalue weighted by Crippen LogP contribution is 2.28. The molecule has 0 radical (unpaired) electrons. The second-order valence-corrected chi connectivity index (χ2v) is 7.60. The molecule has 1 saturated carbocycles. The van der Waals surface area contributed by atoms with Crippen molar-refractivity contribution in [2.45, 2.75) is 50.2 Å². The number of aryl methyl sites for hydroxylation is 2. The molecule has 7 nitrogen and oxygen atoms in total. The van der Waals surface area contributed by atoms with Crippen molar-refractivity contribution in [2.24, 2.45) is 5.92 Å². The predicted octanol–water partition coefficient (Wildman–Crippen LogP) is 2.53. The highest BCUT2D eigenvalue weighted by molar-refractivity contribution is 7.99. The second kappa shape index (κ2) is 7.43. The van der Waals surface area contributed by atoms with Gasteiger partial charge in [-0.3, -0.25) is 9.50 Å². The Morgan fingerprint density at radius 2 is 2.16 bits per heavy atom. The summed E-state index contributed by atoms with van der Waals surface area (Å²) in [6, 6.07) is 5.54. The van der Waals surface area contributed by atoms with E-state index in [1.807, 2.05) is 18.2 Å². The minimum absolute atomic E-state index is 0.108. The Morgan fingerprint density at radius 3 is 3.00 bits per heavy atom. The number of nitrogens with zero attached hydrogens (tertiary/aromatic N) is 5. The van der Waals surface area contributed by atoms with Crippen LogP contribution in [0.2, 0.25) is 0 Å². The maximum absolute atomic E-state index is 12.2. The SMILES string of the molecule is O=c1n(CCSc2n[nH]c(CCC3CCCC3)n2)nc2ccccn12. The fourth-order valence-electron chi connectivity index (χ4n) is 3.43. The van der Waals surface area contributed by atoms with Crippen LogP contribution in [0, 0.1) is 5.92 Å². The van der Waals surface area contributed by atoms with E-state index < -0.39 is 0 Å². The third kappa shape index (κ3) is 3.78. The van der Waals surface area contributed by atoms with Gasteiger partial charge in [0.15, 0.2) is 5.65 Å². The van der Waals surface area contributed by atoms with Crippen LogP contribution in [-0.4, -0.2) is 35.1 Å². The first-order valence-corrected chi connectivity index (χ1v) is 9.86. The van der Waals surface area contributed by atoms with Gasteiger partial charge < -0.3 is 0 Å². The van der Waals surface area contributed by atoms with Crippen molar-refractivity contribution in [3.8, 4) is 0 Å². The molecule has 0 saturated heterocycles. The van der Waals surface area contributed by atoms with Crippen LogP contribution in [0.3, 0.4) is 0 Å². The first-order valence-electron chi connectivity index (χ1n) is 8.88. The molecule has 1 aliphatic rings. The Labute approximate surface area is 149 Å². The van der Waals surface area contributed by atoms with Gasteiger partial charge in [0.1, 0.15) is 5.82 Å². The average molecular weight is 358 g/mol. The molecule has 3 aromatic rings. The van der Waals surface area contributed by atoms with Crippen LogP contribution in [0.1, 0.15) is 37.9 Å². The molecular weight excluding hydrogens is 336 g/mol. The van der Waals surface area contributed by atoms with Gasteiger partial charge in [-0.15, -0.1) is 10.2 Å². The quantitative estimate of drug-likeness (QED) is 0.657. The fraction of sp³-hybridized carbons (Fsp3) is 0.529. The van der Waals surface area contributed by atoms with E-state index in [2.05, 4.69) is 20.3 Å². The van der Waals surface area contributed by atoms with Crippen molar-refractivity contribution in [2.75, 3.05) is 5.75 Å². The van der Waals surface area contributed by atoms with Gasteiger partial charge in [0.05, 0.1) is 6.54 Å². The van der Waals surface area contributed by atoms with Crippen molar-refractivity contribution in [3.05, 3.63) is 40.7 Å². The summed E-state index contributed by atoms with van der Waals surface area (Å²) in [6.07, 6.45) is 9.41. The third-order valence-electron chi connectivity index (χ3n) is 4.80. The van der Waals surface area contributed by atoms with Gasteiger partial charge in [0.25, 0.3) is 0 Å². The smallest absolute Gasteiger partial charge is 0.262 e. The molecule has 0 aliphatic heterocycles. The number of H-pyrrole nitrogens is 1. The Kier molecular flexibility index (Phi) is 4.87. The maximum atomic E-state index is 12.2. The predicted molar refractivity (Wildman–Crippen MR) is 96.8 cm³/mol. The standard InChI is InChI=1S/C17H22N6OS/c24-17-22-10-4-3-7-15(22)21-23(17)11-12-25-16-18-14(19-20-16)9-8-13-5-1-2-6-13/h3-4,7,10,13H,1-2,5-6,8-9,11-12H2,(H,18,19,20). The van der Waals surface area contributed by atoms with Gasteiger partial charge in [-0.25, -0.2) is 14.5 Å². The molecule has 8 heteroatoms. The van der Waals surface area contributed by atoms with Gasteiger partial charge in [-0.1, -0.05) is 43.5 Å². The molecule has 0 amide bonds. The topological polar surface area (TPSA) is 80.9 Å². The van der Waals surface area contributed by atoms with Crippen LogP contribution in [0.15, 0.2) is 34.3 Å².